The van der Waals surface area contributed by atoms with E-state index in [-0.39, 0.29) is 23.7 Å². The summed E-state index contributed by atoms with van der Waals surface area (Å²) in [5.41, 5.74) is 0.131. The van der Waals surface area contributed by atoms with Crippen LogP contribution < -0.4 is 10.4 Å². The molecular formula is C27H28O7. The summed E-state index contributed by atoms with van der Waals surface area (Å²) in [5.74, 6) is -1.31. The zero-order chi connectivity index (χ0) is 23.9. The number of hydrogen-bond donors (Lipinski definition) is 2. The fourth-order valence-corrected chi connectivity index (χ4v) is 4.39. The van der Waals surface area contributed by atoms with Gasteiger partial charge in [0.15, 0.2) is 5.76 Å². The Labute approximate surface area is 197 Å². The first-order valence-corrected chi connectivity index (χ1v) is 11.5. The van der Waals surface area contributed by atoms with Crippen LogP contribution in [0.5, 0.6) is 11.5 Å². The van der Waals surface area contributed by atoms with Crippen molar-refractivity contribution in [2.45, 2.75) is 50.9 Å². The molecule has 4 rings (SSSR count). The lowest BCUT2D eigenvalue weighted by atomic mass is 9.95. The largest absolute Gasteiger partial charge is 0.507 e. The highest BCUT2D eigenvalue weighted by Crippen LogP contribution is 2.37. The maximum Gasteiger partial charge on any atom is 0.353 e. The number of hydrogen-bond acceptors (Lipinski definition) is 6. The van der Waals surface area contributed by atoms with Crippen LogP contribution in [0.2, 0.25) is 0 Å². The molecule has 7 heteroatoms. The number of para-hydroxylation sites is 1. The van der Waals surface area contributed by atoms with Crippen LogP contribution in [0.3, 0.4) is 0 Å². The normalized spacial score (nSPS) is 15.6. The maximum atomic E-state index is 13.0. The third-order valence-electron chi connectivity index (χ3n) is 6.10. The molecule has 1 fully saturated rings. The third kappa shape index (κ3) is 5.85. The van der Waals surface area contributed by atoms with Crippen LogP contribution in [-0.4, -0.2) is 16.2 Å². The lowest BCUT2D eigenvalue weighted by Gasteiger charge is -2.22. The van der Waals surface area contributed by atoms with Crippen LogP contribution in [0.25, 0.3) is 0 Å². The van der Waals surface area contributed by atoms with Crippen LogP contribution in [0, 0.1) is 5.92 Å². The Bertz CT molecular complexity index is 1130. The van der Waals surface area contributed by atoms with Crippen LogP contribution in [0.1, 0.15) is 61.2 Å². The van der Waals surface area contributed by atoms with E-state index < -0.39 is 23.8 Å². The van der Waals surface area contributed by atoms with Gasteiger partial charge in [0.2, 0.25) is 0 Å². The van der Waals surface area contributed by atoms with E-state index in [1.807, 2.05) is 30.3 Å². The number of ether oxygens (including phenoxy) is 2. The number of aliphatic carboxylic acids is 1. The average Bonchev–Trinajstić information content (AvgIpc) is 3.34. The predicted molar refractivity (Wildman–Crippen MR) is 125 cm³/mol. The van der Waals surface area contributed by atoms with Crippen molar-refractivity contribution in [2.24, 2.45) is 5.92 Å². The Hall–Kier alpha value is -3.58. The average molecular weight is 465 g/mol. The summed E-state index contributed by atoms with van der Waals surface area (Å²) in [7, 11) is 0. The number of carbonyl (C=O) groups is 1. The van der Waals surface area contributed by atoms with Crippen molar-refractivity contribution in [3.8, 4) is 11.5 Å². The predicted octanol–water partition coefficient (Wildman–Crippen LogP) is 5.39. The lowest BCUT2D eigenvalue weighted by molar-refractivity contribution is -0.146. The molecule has 0 spiro atoms. The number of benzene rings is 2. The van der Waals surface area contributed by atoms with E-state index in [2.05, 4.69) is 0 Å². The van der Waals surface area contributed by atoms with Gasteiger partial charge in [-0.15, -0.1) is 0 Å². The second kappa shape index (κ2) is 11.0. The van der Waals surface area contributed by atoms with Gasteiger partial charge in [0, 0.05) is 6.07 Å². The molecule has 0 bridgehead atoms. The van der Waals surface area contributed by atoms with Crippen molar-refractivity contribution in [1.29, 1.82) is 0 Å². The Morgan fingerprint density at radius 2 is 1.68 bits per heavy atom. The molecule has 0 saturated heterocycles. The lowest BCUT2D eigenvalue weighted by Crippen LogP contribution is -2.23. The topological polar surface area (TPSA) is 106 Å². The molecule has 2 unspecified atom stereocenters. The van der Waals surface area contributed by atoms with Crippen LogP contribution in [-0.2, 0) is 16.1 Å². The first kappa shape index (κ1) is 23.6. The number of carboxylic acid groups (broad SMARTS) is 1. The van der Waals surface area contributed by atoms with E-state index in [9.17, 15) is 19.8 Å². The first-order chi connectivity index (χ1) is 16.5. The van der Waals surface area contributed by atoms with Crippen molar-refractivity contribution >= 4 is 5.97 Å². The summed E-state index contributed by atoms with van der Waals surface area (Å²) in [6.45, 7) is 0.272. The zero-order valence-electron chi connectivity index (χ0n) is 18.8. The van der Waals surface area contributed by atoms with Crippen LogP contribution in [0.4, 0.5) is 0 Å². The molecule has 2 N–H and O–H groups in total. The minimum atomic E-state index is -1.59. The summed E-state index contributed by atoms with van der Waals surface area (Å²) >= 11 is 0. The van der Waals surface area contributed by atoms with Gasteiger partial charge in [0.05, 0.1) is 12.7 Å². The summed E-state index contributed by atoms with van der Waals surface area (Å²) in [6.07, 6.45) is 2.66. The molecule has 1 heterocycles. The van der Waals surface area contributed by atoms with E-state index in [0.717, 1.165) is 37.3 Å². The fourth-order valence-electron chi connectivity index (χ4n) is 4.39. The second-order valence-corrected chi connectivity index (χ2v) is 8.56. The van der Waals surface area contributed by atoms with Gasteiger partial charge in [-0.1, -0.05) is 74.2 Å². The Balaban J connectivity index is 1.61. The van der Waals surface area contributed by atoms with Gasteiger partial charge in [-0.25, -0.2) is 9.59 Å². The van der Waals surface area contributed by atoms with Crippen molar-refractivity contribution in [1.82, 2.24) is 0 Å². The molecule has 0 aliphatic heterocycles. The first-order valence-electron chi connectivity index (χ1n) is 11.5. The molecule has 2 atom stereocenters. The van der Waals surface area contributed by atoms with Gasteiger partial charge in [0.1, 0.15) is 17.1 Å². The minimum absolute atomic E-state index is 0.00966. The Kier molecular flexibility index (Phi) is 7.65. The van der Waals surface area contributed by atoms with E-state index in [0.29, 0.717) is 18.1 Å². The van der Waals surface area contributed by atoms with E-state index in [1.165, 1.54) is 0 Å². The summed E-state index contributed by atoms with van der Waals surface area (Å²) < 4.78 is 17.0. The second-order valence-electron chi connectivity index (χ2n) is 8.56. The monoisotopic (exact) mass is 464 g/mol. The molecule has 7 nitrogen and oxygen atoms in total. The van der Waals surface area contributed by atoms with Crippen LogP contribution >= 0.6 is 0 Å². The summed E-state index contributed by atoms with van der Waals surface area (Å²) in [6, 6.07) is 19.1. The van der Waals surface area contributed by atoms with Gasteiger partial charge in [0.25, 0.3) is 6.10 Å². The summed E-state index contributed by atoms with van der Waals surface area (Å²) in [4.78, 5) is 24.9. The molecule has 0 radical (unpaired) electrons. The zero-order valence-corrected chi connectivity index (χ0v) is 18.8. The Morgan fingerprint density at radius 1 is 1.03 bits per heavy atom. The Morgan fingerprint density at radius 3 is 2.29 bits per heavy atom. The van der Waals surface area contributed by atoms with Gasteiger partial charge >= 0.3 is 11.6 Å². The van der Waals surface area contributed by atoms with E-state index in [1.54, 1.807) is 30.3 Å². The molecule has 34 heavy (non-hydrogen) atoms. The molecule has 1 aliphatic rings. The molecule has 3 aromatic rings. The summed E-state index contributed by atoms with van der Waals surface area (Å²) in [5, 5.41) is 20.5. The van der Waals surface area contributed by atoms with E-state index >= 15 is 0 Å². The van der Waals surface area contributed by atoms with Crippen molar-refractivity contribution in [2.75, 3.05) is 0 Å². The molecule has 1 aliphatic carbocycles. The van der Waals surface area contributed by atoms with Crippen molar-refractivity contribution < 1.29 is 28.9 Å². The van der Waals surface area contributed by atoms with Crippen molar-refractivity contribution in [3.63, 3.8) is 0 Å². The number of rotatable bonds is 10. The van der Waals surface area contributed by atoms with Crippen LogP contribution in [0.15, 0.2) is 75.9 Å². The molecule has 0 amide bonds. The number of aromatic hydroxyl groups is 1. The fraction of sp³-hybridized carbons (Fsp3) is 0.333. The highest BCUT2D eigenvalue weighted by Gasteiger charge is 2.31. The molecule has 2 aromatic carbocycles. The molecule has 1 saturated carbocycles. The number of carboxylic acids is 1. The van der Waals surface area contributed by atoms with E-state index in [4.69, 9.17) is 13.9 Å². The van der Waals surface area contributed by atoms with Crippen molar-refractivity contribution in [3.05, 3.63) is 94.0 Å². The third-order valence-corrected chi connectivity index (χ3v) is 6.10. The molecule has 1 aromatic heterocycles. The highest BCUT2D eigenvalue weighted by molar-refractivity contribution is 5.74. The smallest absolute Gasteiger partial charge is 0.353 e. The SMILES string of the molecule is O=C(O)C(Oc1ccccc1)c1cc(O)c(C(CC2CCCC2)OCc2ccccc2)c(=O)o1. The molecule has 178 valence electrons. The molecular weight excluding hydrogens is 436 g/mol. The van der Waals surface area contributed by atoms with Gasteiger partial charge in [-0.05, 0) is 30.0 Å². The minimum Gasteiger partial charge on any atom is -0.507 e. The maximum absolute atomic E-state index is 13.0. The van der Waals surface area contributed by atoms with Gasteiger partial charge in [-0.2, -0.15) is 0 Å². The highest BCUT2D eigenvalue weighted by atomic mass is 16.5. The van der Waals surface area contributed by atoms with Gasteiger partial charge < -0.3 is 24.1 Å². The quantitative estimate of drug-likeness (QED) is 0.414. The standard InChI is InChI=1S/C27H28O7/c28-21-16-23(25(26(29)30)33-20-13-5-2-6-14-20)34-27(31)24(21)22(15-18-9-7-8-10-18)32-17-19-11-3-1-4-12-19/h1-6,11-14,16,18,22,25,28H,7-10,15,17H2,(H,29,30). The van der Waals surface area contributed by atoms with Gasteiger partial charge in [-0.3, -0.25) is 0 Å².